The maximum Gasteiger partial charge on any atom is 0.227 e. The van der Waals surface area contributed by atoms with Gasteiger partial charge >= 0.3 is 0 Å². The van der Waals surface area contributed by atoms with Gasteiger partial charge in [0, 0.05) is 28.4 Å². The van der Waals surface area contributed by atoms with E-state index in [4.69, 9.17) is 4.42 Å². The normalized spacial score (nSPS) is 28.3. The summed E-state index contributed by atoms with van der Waals surface area (Å²) < 4.78 is 6.39. The number of anilines is 1. The molecule has 7 rings (SSSR count). The number of rotatable bonds is 1. The van der Waals surface area contributed by atoms with Gasteiger partial charge in [-0.2, -0.15) is 0 Å². The van der Waals surface area contributed by atoms with Crippen LogP contribution in [0.25, 0.3) is 22.1 Å². The molecule has 2 aromatic heterocycles. The first-order valence-electron chi connectivity index (χ1n) is 10.6. The molecule has 0 saturated carbocycles. The summed E-state index contributed by atoms with van der Waals surface area (Å²) in [5.74, 6) is 0. The predicted molar refractivity (Wildman–Crippen MR) is 119 cm³/mol. The Morgan fingerprint density at radius 2 is 1.76 bits per heavy atom. The fourth-order valence-corrected chi connectivity index (χ4v) is 6.12. The summed E-state index contributed by atoms with van der Waals surface area (Å²) in [6.07, 6.45) is 4.18. The van der Waals surface area contributed by atoms with Crippen LogP contribution in [0.3, 0.4) is 0 Å². The Balaban J connectivity index is 1.69. The summed E-state index contributed by atoms with van der Waals surface area (Å²) in [6.45, 7) is 9.46. The molecule has 3 aliphatic rings. The third-order valence-electron chi connectivity index (χ3n) is 7.93. The first-order chi connectivity index (χ1) is 13.9. The van der Waals surface area contributed by atoms with Crippen molar-refractivity contribution >= 4 is 27.8 Å². The molecule has 3 atom stereocenters. The zero-order valence-corrected chi connectivity index (χ0v) is 17.5. The van der Waals surface area contributed by atoms with E-state index < -0.39 is 0 Å². The van der Waals surface area contributed by atoms with Gasteiger partial charge in [0.15, 0.2) is 5.58 Å². The lowest BCUT2D eigenvalue weighted by Crippen LogP contribution is -2.65. The average Bonchev–Trinajstić information content (AvgIpc) is 3.11. The molecule has 3 nitrogen and oxygen atoms in total. The second kappa shape index (κ2) is 5.41. The molecule has 2 aliphatic heterocycles. The van der Waals surface area contributed by atoms with E-state index in [1.165, 1.54) is 28.8 Å². The molecule has 4 heterocycles. The molecule has 0 spiro atoms. The standard InChI is InChI=1S/C26H26N2O/c1-16-11-12-18-19-8-7-15-27-24(19)29-23(18)22(16)28-17(2)25(3)13-14-26(28,4)21-10-6-5-9-20(21)25/h5-12,15,17H,13-14H2,1-4H3. The van der Waals surface area contributed by atoms with Gasteiger partial charge in [0.05, 0.1) is 11.2 Å². The van der Waals surface area contributed by atoms with Crippen molar-refractivity contribution in [3.63, 3.8) is 0 Å². The Hall–Kier alpha value is -2.81. The van der Waals surface area contributed by atoms with Crippen molar-refractivity contribution in [2.75, 3.05) is 4.90 Å². The monoisotopic (exact) mass is 382 g/mol. The number of aromatic nitrogens is 1. The highest BCUT2D eigenvalue weighted by Crippen LogP contribution is 2.59. The van der Waals surface area contributed by atoms with Crippen LogP contribution in [0.5, 0.6) is 0 Å². The number of aryl methyl sites for hydroxylation is 1. The van der Waals surface area contributed by atoms with Gasteiger partial charge in [-0.25, -0.2) is 4.98 Å². The van der Waals surface area contributed by atoms with Gasteiger partial charge in [-0.1, -0.05) is 43.3 Å². The molecule has 4 aromatic rings. The van der Waals surface area contributed by atoms with Crippen molar-refractivity contribution in [3.8, 4) is 0 Å². The van der Waals surface area contributed by atoms with Crippen LogP contribution in [0.2, 0.25) is 0 Å². The van der Waals surface area contributed by atoms with Crippen LogP contribution in [0.1, 0.15) is 50.3 Å². The molecular weight excluding hydrogens is 356 g/mol. The molecule has 146 valence electrons. The number of hydrogen-bond acceptors (Lipinski definition) is 3. The van der Waals surface area contributed by atoms with Crippen LogP contribution in [-0.2, 0) is 11.0 Å². The van der Waals surface area contributed by atoms with Crippen molar-refractivity contribution in [3.05, 3.63) is 71.4 Å². The molecule has 3 heteroatoms. The second-order valence-electron chi connectivity index (χ2n) is 9.35. The summed E-state index contributed by atoms with van der Waals surface area (Å²) in [5.41, 5.74) is 7.27. The van der Waals surface area contributed by atoms with Gasteiger partial charge in [0.2, 0.25) is 5.71 Å². The first-order valence-corrected chi connectivity index (χ1v) is 10.6. The smallest absolute Gasteiger partial charge is 0.227 e. The highest BCUT2D eigenvalue weighted by atomic mass is 16.3. The summed E-state index contributed by atoms with van der Waals surface area (Å²) in [5, 5.41) is 2.25. The summed E-state index contributed by atoms with van der Waals surface area (Å²) >= 11 is 0. The average molecular weight is 383 g/mol. The van der Waals surface area contributed by atoms with Gasteiger partial charge in [-0.3, -0.25) is 0 Å². The number of furan rings is 1. The predicted octanol–water partition coefficient (Wildman–Crippen LogP) is 6.46. The Morgan fingerprint density at radius 3 is 2.59 bits per heavy atom. The summed E-state index contributed by atoms with van der Waals surface area (Å²) in [6, 6.07) is 18.0. The molecule has 1 fully saturated rings. The minimum Gasteiger partial charge on any atom is -0.436 e. The van der Waals surface area contributed by atoms with Gasteiger partial charge in [0.25, 0.3) is 0 Å². The first kappa shape index (κ1) is 17.1. The van der Waals surface area contributed by atoms with E-state index in [-0.39, 0.29) is 11.0 Å². The molecule has 0 amide bonds. The Bertz CT molecular complexity index is 1290. The third-order valence-corrected chi connectivity index (χ3v) is 7.93. The number of piperidine rings is 1. The highest BCUT2D eigenvalue weighted by molar-refractivity contribution is 6.08. The van der Waals surface area contributed by atoms with Gasteiger partial charge < -0.3 is 9.32 Å². The zero-order chi connectivity index (χ0) is 20.0. The minimum atomic E-state index is -0.0424. The lowest BCUT2D eigenvalue weighted by Gasteiger charge is -2.63. The van der Waals surface area contributed by atoms with Crippen LogP contribution in [0.4, 0.5) is 5.69 Å². The maximum absolute atomic E-state index is 6.39. The lowest BCUT2D eigenvalue weighted by atomic mass is 9.56. The Kier molecular flexibility index (Phi) is 3.19. The second-order valence-corrected chi connectivity index (χ2v) is 9.35. The van der Waals surface area contributed by atoms with Crippen molar-refractivity contribution < 1.29 is 4.42 Å². The number of pyridine rings is 1. The van der Waals surface area contributed by atoms with Crippen LogP contribution in [-0.4, -0.2) is 11.0 Å². The summed E-state index contributed by atoms with van der Waals surface area (Å²) in [7, 11) is 0. The number of fused-ring (bicyclic) bond motifs is 5. The molecule has 0 N–H and O–H groups in total. The van der Waals surface area contributed by atoms with Crippen LogP contribution in [0.15, 0.2) is 59.1 Å². The maximum atomic E-state index is 6.39. The van der Waals surface area contributed by atoms with E-state index in [0.29, 0.717) is 6.04 Å². The van der Waals surface area contributed by atoms with E-state index in [1.807, 2.05) is 6.07 Å². The van der Waals surface area contributed by atoms with Crippen molar-refractivity contribution in [1.82, 2.24) is 4.98 Å². The molecule has 29 heavy (non-hydrogen) atoms. The van der Waals surface area contributed by atoms with Crippen LogP contribution >= 0.6 is 0 Å². The topological polar surface area (TPSA) is 29.3 Å². The van der Waals surface area contributed by atoms with Crippen LogP contribution in [0, 0.1) is 6.92 Å². The van der Waals surface area contributed by atoms with E-state index in [2.05, 4.69) is 80.0 Å². The molecule has 1 saturated heterocycles. The Labute approximate surface area is 171 Å². The number of hydrogen-bond donors (Lipinski definition) is 0. The van der Waals surface area contributed by atoms with E-state index in [1.54, 1.807) is 6.20 Å². The number of nitrogens with zero attached hydrogens (tertiary/aromatic N) is 2. The summed E-state index contributed by atoms with van der Waals surface area (Å²) in [4.78, 5) is 7.15. The fourth-order valence-electron chi connectivity index (χ4n) is 6.12. The van der Waals surface area contributed by atoms with Gasteiger partial charge in [-0.15, -0.1) is 0 Å². The third kappa shape index (κ3) is 1.96. The SMILES string of the molecule is Cc1ccc2c(oc3ncccc32)c1N1C(C)C2(C)CCC1(C)c1ccccc12. The largest absolute Gasteiger partial charge is 0.436 e. The zero-order valence-electron chi connectivity index (χ0n) is 17.5. The van der Waals surface area contributed by atoms with E-state index >= 15 is 0 Å². The van der Waals surface area contributed by atoms with Crippen molar-refractivity contribution in [2.45, 2.75) is 57.5 Å². The Morgan fingerprint density at radius 1 is 0.966 bits per heavy atom. The van der Waals surface area contributed by atoms with Gasteiger partial charge in [-0.05, 0) is 62.4 Å². The molecule has 2 aromatic carbocycles. The molecular formula is C26H26N2O. The minimum absolute atomic E-state index is 0.0424. The van der Waals surface area contributed by atoms with Crippen LogP contribution < -0.4 is 4.90 Å². The quantitative estimate of drug-likeness (QED) is 0.378. The lowest BCUT2D eigenvalue weighted by molar-refractivity contribution is 0.166. The molecule has 0 radical (unpaired) electrons. The number of benzene rings is 2. The fraction of sp³-hybridized carbons (Fsp3) is 0.346. The van der Waals surface area contributed by atoms with Crippen molar-refractivity contribution in [1.29, 1.82) is 0 Å². The van der Waals surface area contributed by atoms with E-state index in [0.717, 1.165) is 28.5 Å². The van der Waals surface area contributed by atoms with E-state index in [9.17, 15) is 0 Å². The molecule has 2 bridgehead atoms. The molecule has 1 aliphatic carbocycles. The van der Waals surface area contributed by atoms with Crippen molar-refractivity contribution in [2.24, 2.45) is 0 Å². The molecule has 3 unspecified atom stereocenters. The van der Waals surface area contributed by atoms with Gasteiger partial charge in [0.1, 0.15) is 0 Å². The highest BCUT2D eigenvalue weighted by Gasteiger charge is 2.56.